The molecule has 146 valence electrons. The highest BCUT2D eigenvalue weighted by atomic mass is 35.5. The van der Waals surface area contributed by atoms with Gasteiger partial charge in [-0.3, -0.25) is 0 Å². The van der Waals surface area contributed by atoms with E-state index in [0.29, 0.717) is 16.2 Å². The molecule has 0 unspecified atom stereocenters. The molecule has 0 aliphatic rings. The van der Waals surface area contributed by atoms with Crippen LogP contribution in [0.2, 0.25) is 15.1 Å². The zero-order valence-corrected chi connectivity index (χ0v) is 16.1. The lowest BCUT2D eigenvalue weighted by atomic mass is 10.1. The molecule has 27 heavy (non-hydrogen) atoms. The minimum atomic E-state index is -4.81. The smallest absolute Gasteiger partial charge is 0.416 e. The Balaban J connectivity index is 2.51. The molecule has 1 aromatic heterocycles. The Hall–Kier alpha value is -1.41. The molecule has 0 N–H and O–H groups in total. The average Bonchev–Trinajstić information content (AvgIpc) is 2.81. The van der Waals surface area contributed by atoms with Crippen molar-refractivity contribution in [1.29, 1.82) is 5.26 Å². The third kappa shape index (κ3) is 4.54. The Bertz CT molecular complexity index is 888. The maximum absolute atomic E-state index is 14.7. The zero-order chi connectivity index (χ0) is 20.6. The summed E-state index contributed by atoms with van der Waals surface area (Å²) in [6, 6.07) is 2.30. The number of benzene rings is 1. The molecule has 0 aliphatic carbocycles. The van der Waals surface area contributed by atoms with Gasteiger partial charge in [-0.15, -0.1) is 5.10 Å². The van der Waals surface area contributed by atoms with E-state index < -0.39 is 32.6 Å². The van der Waals surface area contributed by atoms with Gasteiger partial charge >= 0.3 is 11.4 Å². The summed E-state index contributed by atoms with van der Waals surface area (Å²) in [4.78, 5) is 0. The van der Waals surface area contributed by atoms with Crippen molar-refractivity contribution < 1.29 is 26.7 Å². The van der Waals surface area contributed by atoms with E-state index in [1.54, 1.807) is 13.0 Å². The van der Waals surface area contributed by atoms with Crippen molar-refractivity contribution >= 4 is 46.8 Å². The standard InChI is InChI=1S/C14H7Cl3F5N3OS/c1-2-26-12-11(17)9(5-23)24-25(12)27-14(21,22)10-7(15)3-6(4-8(10)16)13(18,19)20/h3-4H,2H2,1H3. The second-order valence-electron chi connectivity index (χ2n) is 4.81. The van der Waals surface area contributed by atoms with E-state index in [9.17, 15) is 22.0 Å². The third-order valence-corrected chi connectivity index (χ3v) is 4.80. The van der Waals surface area contributed by atoms with E-state index in [-0.39, 0.29) is 35.2 Å². The fourth-order valence-electron chi connectivity index (χ4n) is 1.92. The van der Waals surface area contributed by atoms with Gasteiger partial charge in [0, 0.05) is 0 Å². The van der Waals surface area contributed by atoms with Gasteiger partial charge in [0.1, 0.15) is 11.1 Å². The molecule has 0 aliphatic heterocycles. The molecule has 0 bridgehead atoms. The summed E-state index contributed by atoms with van der Waals surface area (Å²) < 4.78 is 73.4. The summed E-state index contributed by atoms with van der Waals surface area (Å²) in [5.74, 6) is -0.320. The molecule has 1 heterocycles. The lowest BCUT2D eigenvalue weighted by Gasteiger charge is -2.20. The van der Waals surface area contributed by atoms with Crippen LogP contribution in [0.5, 0.6) is 5.88 Å². The molecular weight excluding hydrogens is 460 g/mol. The fraction of sp³-hybridized carbons (Fsp3) is 0.286. The highest BCUT2D eigenvalue weighted by molar-refractivity contribution is 7.98. The molecule has 2 aromatic rings. The Labute approximate surface area is 168 Å². The summed E-state index contributed by atoms with van der Waals surface area (Å²) in [6.07, 6.45) is -4.81. The van der Waals surface area contributed by atoms with Crippen LogP contribution in [0.25, 0.3) is 0 Å². The van der Waals surface area contributed by atoms with Crippen LogP contribution in [-0.4, -0.2) is 15.8 Å². The number of ether oxygens (including phenoxy) is 1. The van der Waals surface area contributed by atoms with Crippen LogP contribution in [0.4, 0.5) is 22.0 Å². The highest BCUT2D eigenvalue weighted by Crippen LogP contribution is 2.50. The Morgan fingerprint density at radius 3 is 2.19 bits per heavy atom. The zero-order valence-electron chi connectivity index (χ0n) is 13.0. The molecule has 0 radical (unpaired) electrons. The number of nitriles is 1. The number of rotatable bonds is 5. The molecule has 13 heteroatoms. The molecule has 0 atom stereocenters. The topological polar surface area (TPSA) is 50.8 Å². The summed E-state index contributed by atoms with van der Waals surface area (Å²) in [5, 5.41) is 6.53. The van der Waals surface area contributed by atoms with E-state index in [0.717, 1.165) is 0 Å². The maximum Gasteiger partial charge on any atom is 0.416 e. The second kappa shape index (κ2) is 7.91. The van der Waals surface area contributed by atoms with Crippen molar-refractivity contribution in [3.63, 3.8) is 0 Å². The summed E-state index contributed by atoms with van der Waals surface area (Å²) in [5.41, 5.74) is -2.68. The van der Waals surface area contributed by atoms with E-state index >= 15 is 0 Å². The molecule has 1 aromatic carbocycles. The lowest BCUT2D eigenvalue weighted by molar-refractivity contribution is -0.137. The quantitative estimate of drug-likeness (QED) is 0.480. The molecule has 2 rings (SSSR count). The van der Waals surface area contributed by atoms with E-state index in [4.69, 9.17) is 44.8 Å². The minimum absolute atomic E-state index is 0.0319. The van der Waals surface area contributed by atoms with Crippen LogP contribution < -0.4 is 4.74 Å². The molecule has 0 fully saturated rings. The fourth-order valence-corrected chi connectivity index (χ4v) is 3.90. The SMILES string of the molecule is CCOc1c(Cl)c(C#N)nn1SC(F)(F)c1c(Cl)cc(C(F)(F)F)cc1Cl. The first kappa shape index (κ1) is 21.9. The van der Waals surface area contributed by atoms with Crippen molar-refractivity contribution in [2.75, 3.05) is 6.61 Å². The van der Waals surface area contributed by atoms with E-state index in [1.165, 1.54) is 0 Å². The van der Waals surface area contributed by atoms with Crippen LogP contribution in [0.15, 0.2) is 12.1 Å². The summed E-state index contributed by atoms with van der Waals surface area (Å²) in [7, 11) is 0. The van der Waals surface area contributed by atoms with Crippen molar-refractivity contribution in [2.24, 2.45) is 0 Å². The predicted molar refractivity (Wildman–Crippen MR) is 91.5 cm³/mol. The van der Waals surface area contributed by atoms with Gasteiger partial charge in [-0.05, 0) is 19.1 Å². The first-order chi connectivity index (χ1) is 12.4. The predicted octanol–water partition coefficient (Wildman–Crippen LogP) is 6.38. The Kier molecular flexibility index (Phi) is 6.41. The van der Waals surface area contributed by atoms with Crippen LogP contribution in [0.1, 0.15) is 23.7 Å². The van der Waals surface area contributed by atoms with Gasteiger partial charge in [-0.25, -0.2) is 0 Å². The lowest BCUT2D eigenvalue weighted by Crippen LogP contribution is -2.15. The number of aromatic nitrogens is 2. The largest absolute Gasteiger partial charge is 0.476 e. The maximum atomic E-state index is 14.7. The molecule has 4 nitrogen and oxygen atoms in total. The van der Waals surface area contributed by atoms with Crippen LogP contribution in [-0.2, 0) is 11.4 Å². The van der Waals surface area contributed by atoms with Gasteiger partial charge < -0.3 is 4.74 Å². The van der Waals surface area contributed by atoms with Gasteiger partial charge in [0.15, 0.2) is 5.69 Å². The molecule has 0 spiro atoms. The van der Waals surface area contributed by atoms with Gasteiger partial charge in [-0.1, -0.05) is 34.8 Å². The minimum Gasteiger partial charge on any atom is -0.476 e. The normalized spacial score (nSPS) is 12.1. The average molecular weight is 467 g/mol. The van der Waals surface area contributed by atoms with Crippen LogP contribution in [0.3, 0.4) is 0 Å². The monoisotopic (exact) mass is 465 g/mol. The number of halogens is 8. The second-order valence-corrected chi connectivity index (χ2v) is 7.04. The van der Waals surface area contributed by atoms with E-state index in [1.807, 2.05) is 0 Å². The summed E-state index contributed by atoms with van der Waals surface area (Å²) >= 11 is 16.8. The number of hydrogen-bond donors (Lipinski definition) is 0. The van der Waals surface area contributed by atoms with Crippen molar-refractivity contribution in [3.8, 4) is 11.9 Å². The van der Waals surface area contributed by atoms with Gasteiger partial charge in [0.05, 0.1) is 39.7 Å². The van der Waals surface area contributed by atoms with Gasteiger partial charge in [0.2, 0.25) is 5.88 Å². The third-order valence-electron chi connectivity index (χ3n) is 3.01. The number of nitrogens with zero attached hydrogens (tertiary/aromatic N) is 3. The van der Waals surface area contributed by atoms with Crippen LogP contribution >= 0.6 is 46.8 Å². The van der Waals surface area contributed by atoms with E-state index in [2.05, 4.69) is 5.10 Å². The Morgan fingerprint density at radius 1 is 1.19 bits per heavy atom. The van der Waals surface area contributed by atoms with Crippen molar-refractivity contribution in [2.45, 2.75) is 18.4 Å². The summed E-state index contributed by atoms with van der Waals surface area (Å²) in [6.45, 7) is 1.58. The Morgan fingerprint density at radius 2 is 1.74 bits per heavy atom. The molecule has 0 saturated carbocycles. The molecule has 0 saturated heterocycles. The molecule has 0 amide bonds. The van der Waals surface area contributed by atoms with Crippen LogP contribution in [0, 0.1) is 11.3 Å². The first-order valence-electron chi connectivity index (χ1n) is 6.87. The number of alkyl halides is 5. The first-order valence-corrected chi connectivity index (χ1v) is 8.78. The van der Waals surface area contributed by atoms with Gasteiger partial charge in [0.25, 0.3) is 0 Å². The van der Waals surface area contributed by atoms with Crippen molar-refractivity contribution in [1.82, 2.24) is 9.19 Å². The van der Waals surface area contributed by atoms with Crippen molar-refractivity contribution in [3.05, 3.63) is 44.0 Å². The number of hydrogen-bond acceptors (Lipinski definition) is 4. The van der Waals surface area contributed by atoms with Gasteiger partial charge in [-0.2, -0.15) is 31.3 Å². The highest BCUT2D eigenvalue weighted by Gasteiger charge is 2.42. The molecular formula is C14H7Cl3F5N3OS.